The van der Waals surface area contributed by atoms with Gasteiger partial charge in [-0.3, -0.25) is 10.1 Å². The summed E-state index contributed by atoms with van der Waals surface area (Å²) in [6.07, 6.45) is 7.51. The first-order valence-electron chi connectivity index (χ1n) is 6.84. The topological polar surface area (TPSA) is 41.6 Å². The van der Waals surface area contributed by atoms with E-state index in [1.165, 1.54) is 25.7 Å². The maximum atomic E-state index is 12.4. The third-order valence-corrected chi connectivity index (χ3v) is 4.56. The zero-order valence-electron chi connectivity index (χ0n) is 10.6. The Morgan fingerprint density at radius 3 is 2.71 bits per heavy atom. The highest BCUT2D eigenvalue weighted by molar-refractivity contribution is 5.91. The van der Waals surface area contributed by atoms with Crippen molar-refractivity contribution in [3.05, 3.63) is 0 Å². The van der Waals surface area contributed by atoms with Crippen molar-refractivity contribution < 1.29 is 9.53 Å². The summed E-state index contributed by atoms with van der Waals surface area (Å²) >= 11 is 0. The average molecular weight is 238 g/mol. The fourth-order valence-corrected chi connectivity index (χ4v) is 3.38. The van der Waals surface area contributed by atoms with Crippen molar-refractivity contribution in [1.29, 1.82) is 0 Å². The summed E-state index contributed by atoms with van der Waals surface area (Å²) in [5, 5.41) is 3.61. The third-order valence-electron chi connectivity index (χ3n) is 4.56. The van der Waals surface area contributed by atoms with Crippen LogP contribution >= 0.6 is 0 Å². The molecule has 1 amide bonds. The van der Waals surface area contributed by atoms with E-state index < -0.39 is 0 Å². The highest BCUT2D eigenvalue weighted by Crippen LogP contribution is 2.45. The van der Waals surface area contributed by atoms with Crippen LogP contribution in [0.5, 0.6) is 0 Å². The van der Waals surface area contributed by atoms with Crippen LogP contribution in [0.3, 0.4) is 0 Å². The maximum absolute atomic E-state index is 12.4. The lowest BCUT2D eigenvalue weighted by Gasteiger charge is -2.28. The van der Waals surface area contributed by atoms with Gasteiger partial charge in [-0.15, -0.1) is 0 Å². The zero-order chi connectivity index (χ0) is 11.9. The minimum absolute atomic E-state index is 0.166. The van der Waals surface area contributed by atoms with E-state index in [1.54, 1.807) is 7.11 Å². The molecule has 3 aliphatic rings. The highest BCUT2D eigenvalue weighted by Gasteiger charge is 2.60. The molecule has 1 atom stereocenters. The molecule has 2 saturated carbocycles. The molecule has 0 aromatic rings. The summed E-state index contributed by atoms with van der Waals surface area (Å²) in [4.78, 5) is 14.4. The van der Waals surface area contributed by atoms with Gasteiger partial charge in [-0.2, -0.15) is 0 Å². The van der Waals surface area contributed by atoms with Crippen LogP contribution in [0.1, 0.15) is 38.5 Å². The van der Waals surface area contributed by atoms with Gasteiger partial charge < -0.3 is 9.64 Å². The molecule has 0 aromatic carbocycles. The van der Waals surface area contributed by atoms with Crippen LogP contribution in [0.15, 0.2) is 0 Å². The molecule has 0 aromatic heterocycles. The molecule has 1 saturated heterocycles. The molecule has 3 fully saturated rings. The summed E-state index contributed by atoms with van der Waals surface area (Å²) in [5.74, 6) is 0.988. The van der Waals surface area contributed by atoms with Crippen LogP contribution in [-0.2, 0) is 9.53 Å². The van der Waals surface area contributed by atoms with Crippen LogP contribution in [0.25, 0.3) is 0 Å². The Bertz CT molecular complexity index is 309. The maximum Gasteiger partial charge on any atom is 0.244 e. The van der Waals surface area contributed by atoms with Crippen molar-refractivity contribution in [3.63, 3.8) is 0 Å². The first-order chi connectivity index (χ1) is 8.27. The Labute approximate surface area is 103 Å². The lowest BCUT2D eigenvalue weighted by Crippen LogP contribution is -2.44. The number of hydrogen-bond acceptors (Lipinski definition) is 3. The van der Waals surface area contributed by atoms with Gasteiger partial charge >= 0.3 is 0 Å². The number of methoxy groups -OCH3 is 1. The molecule has 17 heavy (non-hydrogen) atoms. The third kappa shape index (κ3) is 1.87. The SMILES string of the molecule is COCCN1C(=O)C2(CC2)NC1C1CCCC1. The number of nitrogens with one attached hydrogen (secondary N) is 1. The molecule has 1 aliphatic heterocycles. The van der Waals surface area contributed by atoms with E-state index in [0.29, 0.717) is 18.4 Å². The Kier molecular flexibility index (Phi) is 2.87. The fourth-order valence-electron chi connectivity index (χ4n) is 3.38. The Hall–Kier alpha value is -0.610. The lowest BCUT2D eigenvalue weighted by molar-refractivity contribution is -0.132. The molecule has 1 heterocycles. The lowest BCUT2D eigenvalue weighted by atomic mass is 10.0. The van der Waals surface area contributed by atoms with Gasteiger partial charge in [-0.05, 0) is 31.6 Å². The molecular weight excluding hydrogens is 216 g/mol. The Morgan fingerprint density at radius 1 is 1.41 bits per heavy atom. The summed E-state index contributed by atoms with van der Waals surface area (Å²) in [7, 11) is 1.70. The summed E-state index contributed by atoms with van der Waals surface area (Å²) in [6.45, 7) is 1.39. The van der Waals surface area contributed by atoms with Crippen molar-refractivity contribution in [2.75, 3.05) is 20.3 Å². The predicted octanol–water partition coefficient (Wildman–Crippen LogP) is 1.11. The van der Waals surface area contributed by atoms with E-state index in [1.807, 2.05) is 4.90 Å². The predicted molar refractivity (Wildman–Crippen MR) is 64.4 cm³/mol. The summed E-state index contributed by atoms with van der Waals surface area (Å²) < 4.78 is 5.13. The number of ether oxygens (including phenoxy) is 1. The number of nitrogens with zero attached hydrogens (tertiary/aromatic N) is 1. The highest BCUT2D eigenvalue weighted by atomic mass is 16.5. The van der Waals surface area contributed by atoms with Crippen molar-refractivity contribution >= 4 is 5.91 Å². The quantitative estimate of drug-likeness (QED) is 0.798. The Morgan fingerprint density at radius 2 is 2.12 bits per heavy atom. The largest absolute Gasteiger partial charge is 0.383 e. The second-order valence-corrected chi connectivity index (χ2v) is 5.71. The smallest absolute Gasteiger partial charge is 0.244 e. The van der Waals surface area contributed by atoms with E-state index in [-0.39, 0.29) is 11.7 Å². The number of amides is 1. The molecule has 1 unspecified atom stereocenters. The fraction of sp³-hybridized carbons (Fsp3) is 0.923. The van der Waals surface area contributed by atoms with Crippen LogP contribution in [0.4, 0.5) is 0 Å². The first-order valence-corrected chi connectivity index (χ1v) is 6.84. The monoisotopic (exact) mass is 238 g/mol. The van der Waals surface area contributed by atoms with Crippen molar-refractivity contribution in [1.82, 2.24) is 10.2 Å². The Balaban J connectivity index is 1.73. The zero-order valence-corrected chi connectivity index (χ0v) is 10.6. The summed E-state index contributed by atoms with van der Waals surface area (Å²) in [5.41, 5.74) is -0.166. The molecule has 4 nitrogen and oxygen atoms in total. The van der Waals surface area contributed by atoms with E-state index in [0.717, 1.165) is 19.4 Å². The van der Waals surface area contributed by atoms with Crippen LogP contribution < -0.4 is 5.32 Å². The second kappa shape index (κ2) is 4.25. The molecule has 3 rings (SSSR count). The van der Waals surface area contributed by atoms with Gasteiger partial charge in [0.05, 0.1) is 18.3 Å². The molecule has 1 spiro atoms. The van der Waals surface area contributed by atoms with Crippen molar-refractivity contribution in [2.45, 2.75) is 50.2 Å². The van der Waals surface area contributed by atoms with Gasteiger partial charge in [-0.1, -0.05) is 12.8 Å². The minimum Gasteiger partial charge on any atom is -0.383 e. The molecule has 0 bridgehead atoms. The molecule has 0 radical (unpaired) electrons. The molecule has 2 aliphatic carbocycles. The van der Waals surface area contributed by atoms with Crippen molar-refractivity contribution in [2.24, 2.45) is 5.92 Å². The van der Waals surface area contributed by atoms with Gasteiger partial charge in [0.15, 0.2) is 0 Å². The number of carbonyl (C=O) groups excluding carboxylic acids is 1. The molecular formula is C13H22N2O2. The van der Waals surface area contributed by atoms with Gasteiger partial charge in [0.25, 0.3) is 0 Å². The first kappa shape index (κ1) is 11.5. The molecule has 4 heteroatoms. The molecule has 96 valence electrons. The standard InChI is InChI=1S/C13H22N2O2/c1-17-9-8-15-11(10-4-2-3-5-10)14-13(6-7-13)12(15)16/h10-11,14H,2-9H2,1H3. The van der Waals surface area contributed by atoms with Gasteiger partial charge in [0.1, 0.15) is 0 Å². The van der Waals surface area contributed by atoms with Gasteiger partial charge in [0, 0.05) is 13.7 Å². The van der Waals surface area contributed by atoms with E-state index in [2.05, 4.69) is 5.32 Å². The van der Waals surface area contributed by atoms with E-state index >= 15 is 0 Å². The van der Waals surface area contributed by atoms with Gasteiger partial charge in [0.2, 0.25) is 5.91 Å². The summed E-state index contributed by atoms with van der Waals surface area (Å²) in [6, 6.07) is 0. The normalized spacial score (nSPS) is 31.7. The van der Waals surface area contributed by atoms with E-state index in [4.69, 9.17) is 4.74 Å². The second-order valence-electron chi connectivity index (χ2n) is 5.71. The van der Waals surface area contributed by atoms with Crippen LogP contribution in [0.2, 0.25) is 0 Å². The number of rotatable bonds is 4. The molecule has 1 N–H and O–H groups in total. The van der Waals surface area contributed by atoms with Crippen molar-refractivity contribution in [3.8, 4) is 0 Å². The van der Waals surface area contributed by atoms with E-state index in [9.17, 15) is 4.79 Å². The van der Waals surface area contributed by atoms with Gasteiger partial charge in [-0.25, -0.2) is 0 Å². The van der Waals surface area contributed by atoms with Crippen LogP contribution in [-0.4, -0.2) is 42.8 Å². The number of carbonyl (C=O) groups is 1. The van der Waals surface area contributed by atoms with Crippen LogP contribution in [0, 0.1) is 5.92 Å². The number of hydrogen-bond donors (Lipinski definition) is 1. The average Bonchev–Trinajstić information content (AvgIpc) is 2.82. The minimum atomic E-state index is -0.166.